The first kappa shape index (κ1) is 15.4. The first-order chi connectivity index (χ1) is 12.3. The third-order valence-corrected chi connectivity index (χ3v) is 4.54. The molecule has 1 aromatic carbocycles. The van der Waals surface area contributed by atoms with Gasteiger partial charge in [0, 0.05) is 42.1 Å². The molecule has 126 valence electrons. The first-order valence-corrected chi connectivity index (χ1v) is 8.31. The molecule has 0 spiro atoms. The lowest BCUT2D eigenvalue weighted by atomic mass is 9.94. The third kappa shape index (κ3) is 3.26. The molecule has 25 heavy (non-hydrogen) atoms. The lowest BCUT2D eigenvalue weighted by molar-refractivity contribution is 0.0706. The maximum Gasteiger partial charge on any atom is 0.253 e. The highest BCUT2D eigenvalue weighted by molar-refractivity contribution is 5.94. The second-order valence-electron chi connectivity index (χ2n) is 6.14. The second kappa shape index (κ2) is 6.80. The average molecular weight is 334 g/mol. The fourth-order valence-corrected chi connectivity index (χ4v) is 3.26. The van der Waals surface area contributed by atoms with Gasteiger partial charge in [-0.1, -0.05) is 6.07 Å². The van der Waals surface area contributed by atoms with Gasteiger partial charge in [-0.25, -0.2) is 9.97 Å². The van der Waals surface area contributed by atoms with Crippen LogP contribution in [0, 0.1) is 0 Å². The molecule has 1 atom stereocenters. The largest absolute Gasteiger partial charge is 0.338 e. The number of benzene rings is 1. The molecule has 7 heteroatoms. The number of nitrogens with zero attached hydrogens (tertiary/aromatic N) is 6. The fraction of sp³-hybridized carbons (Fsp3) is 0.278. The minimum absolute atomic E-state index is 0.0497. The van der Waals surface area contributed by atoms with E-state index < -0.39 is 0 Å². The molecule has 1 aliphatic rings. The summed E-state index contributed by atoms with van der Waals surface area (Å²) in [6.45, 7) is 1.46. The molecule has 1 amide bonds. The molecule has 4 rings (SSSR count). The van der Waals surface area contributed by atoms with Gasteiger partial charge in [0.25, 0.3) is 5.91 Å². The SMILES string of the molecule is O=C(c1cccc(-n2cnnc2)c1)N1CCC[C@@H](c2ccncn2)C1. The molecule has 3 heterocycles. The van der Waals surface area contributed by atoms with Crippen LogP contribution in [-0.4, -0.2) is 48.6 Å². The fourth-order valence-electron chi connectivity index (χ4n) is 3.26. The van der Waals surface area contributed by atoms with E-state index in [1.54, 1.807) is 29.7 Å². The topological polar surface area (TPSA) is 76.8 Å². The molecule has 0 bridgehead atoms. The number of aromatic nitrogens is 5. The highest BCUT2D eigenvalue weighted by Crippen LogP contribution is 2.26. The van der Waals surface area contributed by atoms with Crippen molar-refractivity contribution in [1.82, 2.24) is 29.6 Å². The van der Waals surface area contributed by atoms with E-state index in [4.69, 9.17) is 0 Å². The maximum absolute atomic E-state index is 13.0. The number of rotatable bonds is 3. The molecular formula is C18H18N6O. The molecular weight excluding hydrogens is 316 g/mol. The van der Waals surface area contributed by atoms with Gasteiger partial charge in [0.15, 0.2) is 0 Å². The van der Waals surface area contributed by atoms with Crippen LogP contribution in [0.4, 0.5) is 0 Å². The number of carbonyl (C=O) groups excluding carboxylic acids is 1. The van der Waals surface area contributed by atoms with E-state index in [0.29, 0.717) is 12.1 Å². The van der Waals surface area contributed by atoms with Gasteiger partial charge < -0.3 is 4.90 Å². The zero-order valence-corrected chi connectivity index (χ0v) is 13.7. The molecule has 0 N–H and O–H groups in total. The van der Waals surface area contributed by atoms with Crippen LogP contribution in [0.3, 0.4) is 0 Å². The van der Waals surface area contributed by atoms with Crippen LogP contribution in [0.15, 0.2) is 55.5 Å². The van der Waals surface area contributed by atoms with E-state index in [-0.39, 0.29) is 11.8 Å². The minimum atomic E-state index is 0.0497. The second-order valence-corrected chi connectivity index (χ2v) is 6.14. The van der Waals surface area contributed by atoms with Crippen molar-refractivity contribution in [1.29, 1.82) is 0 Å². The van der Waals surface area contributed by atoms with Gasteiger partial charge in [-0.3, -0.25) is 9.36 Å². The zero-order valence-electron chi connectivity index (χ0n) is 13.7. The summed E-state index contributed by atoms with van der Waals surface area (Å²) < 4.78 is 1.79. The van der Waals surface area contributed by atoms with Gasteiger partial charge in [0.2, 0.25) is 0 Å². The summed E-state index contributed by atoms with van der Waals surface area (Å²) in [6.07, 6.45) is 8.59. The number of amides is 1. The molecule has 0 radical (unpaired) electrons. The minimum Gasteiger partial charge on any atom is -0.338 e. The molecule has 7 nitrogen and oxygen atoms in total. The standard InChI is InChI=1S/C18H18N6O/c25-18(14-3-1-5-16(9-14)24-12-21-22-13-24)23-8-2-4-15(10-23)17-6-7-19-11-20-17/h1,3,5-7,9,11-13,15H,2,4,8,10H2/t15-/m1/s1. The summed E-state index contributed by atoms with van der Waals surface area (Å²) in [5, 5.41) is 7.62. The monoisotopic (exact) mass is 334 g/mol. The van der Waals surface area contributed by atoms with E-state index in [1.165, 1.54) is 0 Å². The molecule has 0 saturated carbocycles. The number of likely N-dealkylation sites (tertiary alicyclic amines) is 1. The summed E-state index contributed by atoms with van der Waals surface area (Å²) in [5.41, 5.74) is 2.56. The Morgan fingerprint density at radius 3 is 2.84 bits per heavy atom. The summed E-state index contributed by atoms with van der Waals surface area (Å²) in [5.74, 6) is 0.315. The number of hydrogen-bond acceptors (Lipinski definition) is 5. The van der Waals surface area contributed by atoms with Crippen molar-refractivity contribution in [3.63, 3.8) is 0 Å². The predicted molar refractivity (Wildman–Crippen MR) is 91.3 cm³/mol. The van der Waals surface area contributed by atoms with Gasteiger partial charge >= 0.3 is 0 Å². The molecule has 1 aliphatic heterocycles. The number of carbonyl (C=O) groups is 1. The zero-order chi connectivity index (χ0) is 17.1. The smallest absolute Gasteiger partial charge is 0.253 e. The molecule has 3 aromatic rings. The van der Waals surface area contributed by atoms with Crippen LogP contribution in [0.25, 0.3) is 5.69 Å². The predicted octanol–water partition coefficient (Wildman–Crippen LogP) is 2.08. The Balaban J connectivity index is 1.53. The molecule has 1 fully saturated rings. The number of hydrogen-bond donors (Lipinski definition) is 0. The van der Waals surface area contributed by atoms with E-state index in [2.05, 4.69) is 20.2 Å². The summed E-state index contributed by atoms with van der Waals surface area (Å²) in [6, 6.07) is 9.48. The van der Waals surface area contributed by atoms with Crippen LogP contribution < -0.4 is 0 Å². The summed E-state index contributed by atoms with van der Waals surface area (Å²) >= 11 is 0. The van der Waals surface area contributed by atoms with Crippen LogP contribution in [0.5, 0.6) is 0 Å². The Bertz CT molecular complexity index is 849. The van der Waals surface area contributed by atoms with Crippen molar-refractivity contribution in [2.45, 2.75) is 18.8 Å². The van der Waals surface area contributed by atoms with Crippen LogP contribution in [0.2, 0.25) is 0 Å². The lowest BCUT2D eigenvalue weighted by Crippen LogP contribution is -2.39. The Kier molecular flexibility index (Phi) is 4.20. The van der Waals surface area contributed by atoms with E-state index in [9.17, 15) is 4.79 Å². The lowest BCUT2D eigenvalue weighted by Gasteiger charge is -2.32. The maximum atomic E-state index is 13.0. The van der Waals surface area contributed by atoms with Gasteiger partial charge in [-0.05, 0) is 37.1 Å². The normalized spacial score (nSPS) is 17.4. The van der Waals surface area contributed by atoms with E-state index in [0.717, 1.165) is 30.8 Å². The van der Waals surface area contributed by atoms with Crippen molar-refractivity contribution in [2.24, 2.45) is 0 Å². The van der Waals surface area contributed by atoms with Crippen molar-refractivity contribution < 1.29 is 4.79 Å². The molecule has 0 unspecified atom stereocenters. The van der Waals surface area contributed by atoms with Crippen molar-refractivity contribution in [2.75, 3.05) is 13.1 Å². The van der Waals surface area contributed by atoms with Gasteiger partial charge in [-0.15, -0.1) is 10.2 Å². The van der Waals surface area contributed by atoms with Crippen molar-refractivity contribution in [3.05, 3.63) is 66.8 Å². The van der Waals surface area contributed by atoms with Gasteiger partial charge in [-0.2, -0.15) is 0 Å². The molecule has 1 saturated heterocycles. The highest BCUT2D eigenvalue weighted by atomic mass is 16.2. The Hall–Kier alpha value is -3.09. The van der Waals surface area contributed by atoms with Crippen LogP contribution in [0.1, 0.15) is 34.8 Å². The van der Waals surface area contributed by atoms with Crippen molar-refractivity contribution >= 4 is 5.91 Å². The van der Waals surface area contributed by atoms with Crippen LogP contribution >= 0.6 is 0 Å². The van der Waals surface area contributed by atoms with E-state index in [1.807, 2.05) is 35.2 Å². The first-order valence-electron chi connectivity index (χ1n) is 8.31. The van der Waals surface area contributed by atoms with Crippen molar-refractivity contribution in [3.8, 4) is 5.69 Å². The molecule has 0 aliphatic carbocycles. The summed E-state index contributed by atoms with van der Waals surface area (Å²) in [7, 11) is 0. The molecule has 2 aromatic heterocycles. The van der Waals surface area contributed by atoms with Gasteiger partial charge in [0.1, 0.15) is 19.0 Å². The quantitative estimate of drug-likeness (QED) is 0.733. The Morgan fingerprint density at radius 2 is 2.04 bits per heavy atom. The van der Waals surface area contributed by atoms with Crippen LogP contribution in [-0.2, 0) is 0 Å². The van der Waals surface area contributed by atoms with E-state index >= 15 is 0 Å². The highest BCUT2D eigenvalue weighted by Gasteiger charge is 2.26. The third-order valence-electron chi connectivity index (χ3n) is 4.54. The number of piperidine rings is 1. The summed E-state index contributed by atoms with van der Waals surface area (Å²) in [4.78, 5) is 23.2. The Morgan fingerprint density at radius 1 is 1.16 bits per heavy atom. The average Bonchev–Trinajstić information content (AvgIpc) is 3.23. The Labute approximate surface area is 145 Å². The van der Waals surface area contributed by atoms with Gasteiger partial charge in [0.05, 0.1) is 0 Å².